The Balaban J connectivity index is 1.45. The molecule has 0 radical (unpaired) electrons. The van der Waals surface area contributed by atoms with Crippen LogP contribution in [0.3, 0.4) is 0 Å². The van der Waals surface area contributed by atoms with Gasteiger partial charge in [-0.15, -0.1) is 0 Å². The Kier molecular flexibility index (Phi) is 5.11. The SMILES string of the molecule is c1ccc(-c2cnc(-n3c4ccc(-c5ccccc5)cc4c4cc(-c5ccccc5)ccc43)nc2)cc1. The van der Waals surface area contributed by atoms with Crippen LogP contribution in [-0.4, -0.2) is 14.5 Å². The summed E-state index contributed by atoms with van der Waals surface area (Å²) in [5.74, 6) is 0.666. The fraction of sp³-hybridized carbons (Fsp3) is 0. The van der Waals surface area contributed by atoms with Gasteiger partial charge in [-0.05, 0) is 52.1 Å². The van der Waals surface area contributed by atoms with Gasteiger partial charge in [0.15, 0.2) is 0 Å². The molecular formula is C34H23N3. The van der Waals surface area contributed by atoms with E-state index in [2.05, 4.69) is 114 Å². The maximum absolute atomic E-state index is 4.81. The van der Waals surface area contributed by atoms with Gasteiger partial charge in [-0.2, -0.15) is 0 Å². The molecular weight excluding hydrogens is 450 g/mol. The predicted octanol–water partition coefficient (Wildman–Crippen LogP) is 8.57. The summed E-state index contributed by atoms with van der Waals surface area (Å²) >= 11 is 0. The lowest BCUT2D eigenvalue weighted by Gasteiger charge is -2.08. The van der Waals surface area contributed by atoms with E-state index in [-0.39, 0.29) is 0 Å². The summed E-state index contributed by atoms with van der Waals surface area (Å²) in [5.41, 5.74) is 9.08. The van der Waals surface area contributed by atoms with E-state index in [0.717, 1.165) is 22.2 Å². The first-order valence-electron chi connectivity index (χ1n) is 12.4. The highest BCUT2D eigenvalue weighted by molar-refractivity contribution is 6.11. The monoisotopic (exact) mass is 473 g/mol. The van der Waals surface area contributed by atoms with Crippen LogP contribution in [0.25, 0.3) is 61.1 Å². The first-order valence-corrected chi connectivity index (χ1v) is 12.4. The van der Waals surface area contributed by atoms with Crippen molar-refractivity contribution in [2.45, 2.75) is 0 Å². The third kappa shape index (κ3) is 3.78. The van der Waals surface area contributed by atoms with Gasteiger partial charge >= 0.3 is 0 Å². The van der Waals surface area contributed by atoms with E-state index >= 15 is 0 Å². The molecule has 0 saturated carbocycles. The van der Waals surface area contributed by atoms with E-state index in [0.29, 0.717) is 5.95 Å². The van der Waals surface area contributed by atoms with Gasteiger partial charge in [0.05, 0.1) is 11.0 Å². The number of fused-ring (bicyclic) bond motifs is 3. The molecule has 0 N–H and O–H groups in total. The summed E-state index contributed by atoms with van der Waals surface area (Å²) in [6.45, 7) is 0. The van der Waals surface area contributed by atoms with E-state index in [1.54, 1.807) is 0 Å². The van der Waals surface area contributed by atoms with Crippen LogP contribution in [0.2, 0.25) is 0 Å². The number of hydrogen-bond acceptors (Lipinski definition) is 2. The molecule has 0 spiro atoms. The Morgan fingerprint density at radius 2 is 0.784 bits per heavy atom. The second-order valence-corrected chi connectivity index (χ2v) is 9.17. The topological polar surface area (TPSA) is 30.7 Å². The number of aromatic nitrogens is 3. The van der Waals surface area contributed by atoms with Crippen LogP contribution in [-0.2, 0) is 0 Å². The van der Waals surface area contributed by atoms with Crippen LogP contribution in [0, 0.1) is 0 Å². The number of rotatable bonds is 4. The summed E-state index contributed by atoms with van der Waals surface area (Å²) in [6, 6.07) is 44.6. The number of hydrogen-bond donors (Lipinski definition) is 0. The van der Waals surface area contributed by atoms with E-state index in [1.807, 2.05) is 30.6 Å². The van der Waals surface area contributed by atoms with Crippen molar-refractivity contribution >= 4 is 21.8 Å². The van der Waals surface area contributed by atoms with Gasteiger partial charge < -0.3 is 0 Å². The molecule has 0 fully saturated rings. The summed E-state index contributed by atoms with van der Waals surface area (Å²) < 4.78 is 2.17. The Bertz CT molecular complexity index is 1740. The zero-order valence-corrected chi connectivity index (χ0v) is 20.1. The second-order valence-electron chi connectivity index (χ2n) is 9.17. The van der Waals surface area contributed by atoms with Crippen molar-refractivity contribution in [1.82, 2.24) is 14.5 Å². The highest BCUT2D eigenvalue weighted by Crippen LogP contribution is 2.36. The van der Waals surface area contributed by atoms with Crippen LogP contribution in [0.5, 0.6) is 0 Å². The lowest BCUT2D eigenvalue weighted by molar-refractivity contribution is 0.990. The molecule has 0 unspecified atom stereocenters. The summed E-state index contributed by atoms with van der Waals surface area (Å²) in [5, 5.41) is 2.37. The van der Waals surface area contributed by atoms with Crippen molar-refractivity contribution in [3.05, 3.63) is 140 Å². The largest absolute Gasteiger partial charge is 0.278 e. The third-order valence-corrected chi connectivity index (χ3v) is 6.92. The zero-order valence-electron chi connectivity index (χ0n) is 20.1. The predicted molar refractivity (Wildman–Crippen MR) is 153 cm³/mol. The number of benzene rings is 5. The van der Waals surface area contributed by atoms with E-state index in [1.165, 1.54) is 33.0 Å². The minimum atomic E-state index is 0.666. The Morgan fingerprint density at radius 1 is 0.378 bits per heavy atom. The molecule has 0 aliphatic heterocycles. The van der Waals surface area contributed by atoms with E-state index in [4.69, 9.17) is 9.97 Å². The molecule has 0 aliphatic carbocycles. The van der Waals surface area contributed by atoms with Gasteiger partial charge in [0.25, 0.3) is 0 Å². The fourth-order valence-corrected chi connectivity index (χ4v) is 5.08. The normalized spacial score (nSPS) is 11.2. The molecule has 174 valence electrons. The van der Waals surface area contributed by atoms with Gasteiger partial charge in [0.1, 0.15) is 0 Å². The molecule has 3 heteroatoms. The molecule has 5 aromatic carbocycles. The molecule has 2 heterocycles. The van der Waals surface area contributed by atoms with Gasteiger partial charge in [-0.1, -0.05) is 103 Å². The lowest BCUT2D eigenvalue weighted by Crippen LogP contribution is -2.00. The van der Waals surface area contributed by atoms with Crippen molar-refractivity contribution in [3.63, 3.8) is 0 Å². The minimum Gasteiger partial charge on any atom is -0.278 e. The van der Waals surface area contributed by atoms with Crippen LogP contribution in [0.15, 0.2) is 140 Å². The van der Waals surface area contributed by atoms with Crippen LogP contribution in [0.4, 0.5) is 0 Å². The quantitative estimate of drug-likeness (QED) is 0.256. The summed E-state index contributed by atoms with van der Waals surface area (Å²) in [4.78, 5) is 9.62. The molecule has 2 aromatic heterocycles. The molecule has 0 amide bonds. The fourth-order valence-electron chi connectivity index (χ4n) is 5.08. The zero-order chi connectivity index (χ0) is 24.6. The first kappa shape index (κ1) is 21.3. The van der Waals surface area contributed by atoms with Gasteiger partial charge in [0, 0.05) is 28.7 Å². The Hall–Kier alpha value is -5.02. The molecule has 0 atom stereocenters. The molecule has 0 aliphatic rings. The van der Waals surface area contributed by atoms with Crippen molar-refractivity contribution in [1.29, 1.82) is 0 Å². The molecule has 3 nitrogen and oxygen atoms in total. The van der Waals surface area contributed by atoms with Crippen molar-refractivity contribution in [2.75, 3.05) is 0 Å². The molecule has 7 aromatic rings. The third-order valence-electron chi connectivity index (χ3n) is 6.92. The van der Waals surface area contributed by atoms with Gasteiger partial charge in [-0.25, -0.2) is 9.97 Å². The van der Waals surface area contributed by atoms with Gasteiger partial charge in [-0.3, -0.25) is 4.57 Å². The van der Waals surface area contributed by atoms with Crippen LogP contribution >= 0.6 is 0 Å². The summed E-state index contributed by atoms with van der Waals surface area (Å²) in [7, 11) is 0. The van der Waals surface area contributed by atoms with E-state index < -0.39 is 0 Å². The molecule has 7 rings (SSSR count). The van der Waals surface area contributed by atoms with Crippen molar-refractivity contribution in [3.8, 4) is 39.3 Å². The van der Waals surface area contributed by atoms with Crippen molar-refractivity contribution < 1.29 is 0 Å². The Labute approximate surface area is 215 Å². The molecule has 37 heavy (non-hydrogen) atoms. The average molecular weight is 474 g/mol. The Morgan fingerprint density at radius 3 is 1.22 bits per heavy atom. The number of nitrogens with zero attached hydrogens (tertiary/aromatic N) is 3. The summed E-state index contributed by atoms with van der Waals surface area (Å²) in [6.07, 6.45) is 3.82. The van der Waals surface area contributed by atoms with Crippen molar-refractivity contribution in [2.24, 2.45) is 0 Å². The average Bonchev–Trinajstić information content (AvgIpc) is 3.31. The maximum Gasteiger partial charge on any atom is 0.234 e. The van der Waals surface area contributed by atoms with Crippen LogP contribution < -0.4 is 0 Å². The molecule has 0 bridgehead atoms. The van der Waals surface area contributed by atoms with Crippen LogP contribution in [0.1, 0.15) is 0 Å². The van der Waals surface area contributed by atoms with E-state index in [9.17, 15) is 0 Å². The minimum absolute atomic E-state index is 0.666. The lowest BCUT2D eigenvalue weighted by atomic mass is 10.0. The highest BCUT2D eigenvalue weighted by atomic mass is 15.1. The standard InChI is InChI=1S/C34H23N3/c1-4-10-24(11-5-1)27-16-18-32-30(20-27)31-21-28(25-12-6-2-7-13-25)17-19-33(31)37(32)34-35-22-29(23-36-34)26-14-8-3-9-15-26/h1-23H. The maximum atomic E-state index is 4.81. The van der Waals surface area contributed by atoms with Gasteiger partial charge in [0.2, 0.25) is 5.95 Å². The smallest absolute Gasteiger partial charge is 0.234 e. The second kappa shape index (κ2) is 8.89. The first-order chi connectivity index (χ1) is 18.3. The molecule has 0 saturated heterocycles. The highest BCUT2D eigenvalue weighted by Gasteiger charge is 2.16.